The summed E-state index contributed by atoms with van der Waals surface area (Å²) in [5.41, 5.74) is 6.16. The number of nitrogens with one attached hydrogen (secondary N) is 1. The standard InChI is InChI=1S/C16H18ClN5OS/c1-2-5-22(8-11-7-19-16(18)24-11)9-14-20-13-6-10(17)3-4-12(13)15(23)21-14/h3-4,6-7H,2,5,8-9H2,1H3,(H2,18,19)(H,20,21,23). The van der Waals surface area contributed by atoms with Gasteiger partial charge in [0.1, 0.15) is 5.82 Å². The average Bonchev–Trinajstić information content (AvgIpc) is 2.92. The van der Waals surface area contributed by atoms with Gasteiger partial charge in [-0.3, -0.25) is 9.69 Å². The Hall–Kier alpha value is -1.96. The van der Waals surface area contributed by atoms with Gasteiger partial charge in [0, 0.05) is 22.6 Å². The molecule has 6 nitrogen and oxygen atoms in total. The molecule has 8 heteroatoms. The van der Waals surface area contributed by atoms with E-state index in [0.29, 0.717) is 33.4 Å². The number of thiazole rings is 1. The number of aromatic amines is 1. The molecule has 0 amide bonds. The van der Waals surface area contributed by atoms with Gasteiger partial charge in [0.25, 0.3) is 5.56 Å². The third kappa shape index (κ3) is 3.92. The van der Waals surface area contributed by atoms with Crippen molar-refractivity contribution in [1.29, 1.82) is 0 Å². The zero-order chi connectivity index (χ0) is 17.1. The number of nitrogens with two attached hydrogens (primary N) is 1. The molecule has 0 aliphatic heterocycles. The fraction of sp³-hybridized carbons (Fsp3) is 0.312. The van der Waals surface area contributed by atoms with E-state index in [0.717, 1.165) is 24.4 Å². The van der Waals surface area contributed by atoms with Crippen molar-refractivity contribution in [3.8, 4) is 0 Å². The van der Waals surface area contributed by atoms with Crippen LogP contribution in [-0.4, -0.2) is 26.4 Å². The fourth-order valence-corrected chi connectivity index (χ4v) is 3.49. The Morgan fingerprint density at radius 1 is 1.38 bits per heavy atom. The van der Waals surface area contributed by atoms with Crippen LogP contribution >= 0.6 is 22.9 Å². The van der Waals surface area contributed by atoms with Crippen LogP contribution in [0.5, 0.6) is 0 Å². The SMILES string of the molecule is CCCN(Cc1nc2cc(Cl)ccc2c(=O)[nH]1)Cc1cnc(N)s1. The van der Waals surface area contributed by atoms with Crippen LogP contribution in [0.2, 0.25) is 5.02 Å². The third-order valence-electron chi connectivity index (χ3n) is 3.58. The van der Waals surface area contributed by atoms with Crippen LogP contribution in [-0.2, 0) is 13.1 Å². The maximum absolute atomic E-state index is 12.2. The molecule has 2 aromatic heterocycles. The minimum Gasteiger partial charge on any atom is -0.375 e. The van der Waals surface area contributed by atoms with Crippen molar-refractivity contribution in [3.05, 3.63) is 50.5 Å². The van der Waals surface area contributed by atoms with Crippen molar-refractivity contribution < 1.29 is 0 Å². The average molecular weight is 364 g/mol. The molecule has 0 bridgehead atoms. The molecule has 0 aliphatic rings. The first-order valence-corrected chi connectivity index (χ1v) is 8.85. The lowest BCUT2D eigenvalue weighted by Gasteiger charge is -2.20. The number of aromatic nitrogens is 3. The minimum absolute atomic E-state index is 0.148. The van der Waals surface area contributed by atoms with Crippen LogP contribution in [0.25, 0.3) is 10.9 Å². The van der Waals surface area contributed by atoms with Gasteiger partial charge in [0.15, 0.2) is 5.13 Å². The van der Waals surface area contributed by atoms with E-state index < -0.39 is 0 Å². The van der Waals surface area contributed by atoms with Gasteiger partial charge in [-0.1, -0.05) is 18.5 Å². The molecule has 0 aliphatic carbocycles. The molecule has 0 unspecified atom stereocenters. The van der Waals surface area contributed by atoms with Gasteiger partial charge in [-0.2, -0.15) is 0 Å². The molecular formula is C16H18ClN5OS. The second-order valence-corrected chi connectivity index (χ2v) is 7.13. The predicted octanol–water partition coefficient (Wildman–Crippen LogP) is 3.03. The van der Waals surface area contributed by atoms with E-state index in [1.54, 1.807) is 24.4 Å². The first-order chi connectivity index (χ1) is 11.5. The number of fused-ring (bicyclic) bond motifs is 1. The highest BCUT2D eigenvalue weighted by Gasteiger charge is 2.11. The van der Waals surface area contributed by atoms with Gasteiger partial charge >= 0.3 is 0 Å². The highest BCUT2D eigenvalue weighted by molar-refractivity contribution is 7.15. The summed E-state index contributed by atoms with van der Waals surface area (Å²) in [6.07, 6.45) is 2.79. The summed E-state index contributed by atoms with van der Waals surface area (Å²) in [6, 6.07) is 5.10. The van der Waals surface area contributed by atoms with Gasteiger partial charge in [0.05, 0.1) is 17.4 Å². The first-order valence-electron chi connectivity index (χ1n) is 7.66. The zero-order valence-electron chi connectivity index (χ0n) is 13.3. The number of hydrogen-bond donors (Lipinski definition) is 2. The van der Waals surface area contributed by atoms with Crippen molar-refractivity contribution >= 4 is 39.0 Å². The molecule has 0 atom stereocenters. The topological polar surface area (TPSA) is 87.9 Å². The van der Waals surface area contributed by atoms with Crippen molar-refractivity contribution in [1.82, 2.24) is 19.9 Å². The van der Waals surface area contributed by atoms with E-state index >= 15 is 0 Å². The normalized spacial score (nSPS) is 11.5. The lowest BCUT2D eigenvalue weighted by atomic mass is 10.2. The second-order valence-electron chi connectivity index (χ2n) is 5.55. The number of anilines is 1. The number of hydrogen-bond acceptors (Lipinski definition) is 6. The van der Waals surface area contributed by atoms with Crippen LogP contribution in [0.15, 0.2) is 29.2 Å². The maximum Gasteiger partial charge on any atom is 0.258 e. The van der Waals surface area contributed by atoms with Crippen LogP contribution in [0.4, 0.5) is 5.13 Å². The molecule has 0 fully saturated rings. The summed E-state index contributed by atoms with van der Waals surface area (Å²) in [4.78, 5) is 27.0. The number of halogens is 1. The lowest BCUT2D eigenvalue weighted by molar-refractivity contribution is 0.253. The van der Waals surface area contributed by atoms with Crippen LogP contribution in [0.1, 0.15) is 24.0 Å². The second kappa shape index (κ2) is 7.29. The number of nitrogens with zero attached hydrogens (tertiary/aromatic N) is 3. The van der Waals surface area contributed by atoms with Gasteiger partial charge in [-0.15, -0.1) is 11.3 Å². The van der Waals surface area contributed by atoms with Crippen LogP contribution in [0, 0.1) is 0 Å². The lowest BCUT2D eigenvalue weighted by Crippen LogP contribution is -2.26. The zero-order valence-corrected chi connectivity index (χ0v) is 14.8. The Morgan fingerprint density at radius 3 is 2.92 bits per heavy atom. The van der Waals surface area contributed by atoms with Crippen molar-refractivity contribution in [2.24, 2.45) is 0 Å². The Kier molecular flexibility index (Phi) is 5.13. The molecule has 3 N–H and O–H groups in total. The van der Waals surface area contributed by atoms with Crippen molar-refractivity contribution in [2.45, 2.75) is 26.4 Å². The Balaban J connectivity index is 1.86. The molecule has 24 heavy (non-hydrogen) atoms. The van der Waals surface area contributed by atoms with Gasteiger partial charge in [-0.25, -0.2) is 9.97 Å². The number of nitrogen functional groups attached to an aromatic ring is 1. The van der Waals surface area contributed by atoms with E-state index in [-0.39, 0.29) is 5.56 Å². The van der Waals surface area contributed by atoms with Crippen molar-refractivity contribution in [3.63, 3.8) is 0 Å². The molecular weight excluding hydrogens is 346 g/mol. The Morgan fingerprint density at radius 2 is 2.21 bits per heavy atom. The third-order valence-corrected chi connectivity index (χ3v) is 4.63. The minimum atomic E-state index is -0.148. The molecule has 3 aromatic rings. The Bertz CT molecular complexity index is 907. The molecule has 1 aromatic carbocycles. The maximum atomic E-state index is 12.2. The van der Waals surface area contributed by atoms with E-state index in [1.165, 1.54) is 11.3 Å². The largest absolute Gasteiger partial charge is 0.375 e. The van der Waals surface area contributed by atoms with Crippen LogP contribution in [0.3, 0.4) is 0 Å². The molecule has 0 spiro atoms. The summed E-state index contributed by atoms with van der Waals surface area (Å²) >= 11 is 7.48. The molecule has 126 valence electrons. The van der Waals surface area contributed by atoms with E-state index in [2.05, 4.69) is 26.8 Å². The fourth-order valence-electron chi connectivity index (χ4n) is 2.59. The van der Waals surface area contributed by atoms with Crippen LogP contribution < -0.4 is 11.3 Å². The summed E-state index contributed by atoms with van der Waals surface area (Å²) in [7, 11) is 0. The molecule has 0 saturated carbocycles. The number of rotatable bonds is 6. The van der Waals surface area contributed by atoms with E-state index in [4.69, 9.17) is 17.3 Å². The molecule has 3 rings (SSSR count). The van der Waals surface area contributed by atoms with Gasteiger partial charge in [0.2, 0.25) is 0 Å². The first kappa shape index (κ1) is 16.9. The summed E-state index contributed by atoms with van der Waals surface area (Å²) in [6.45, 7) is 4.27. The monoisotopic (exact) mass is 363 g/mol. The number of benzene rings is 1. The van der Waals surface area contributed by atoms with Gasteiger partial charge < -0.3 is 10.7 Å². The molecule has 0 radical (unpaired) electrons. The predicted molar refractivity (Wildman–Crippen MR) is 98.3 cm³/mol. The quantitative estimate of drug-likeness (QED) is 0.702. The summed E-state index contributed by atoms with van der Waals surface area (Å²) in [5, 5.41) is 1.67. The smallest absolute Gasteiger partial charge is 0.258 e. The van der Waals surface area contributed by atoms with E-state index in [9.17, 15) is 4.79 Å². The summed E-state index contributed by atoms with van der Waals surface area (Å²) < 4.78 is 0. The molecule has 2 heterocycles. The Labute approximate surface area is 148 Å². The van der Waals surface area contributed by atoms with E-state index in [1.807, 2.05) is 0 Å². The summed E-state index contributed by atoms with van der Waals surface area (Å²) in [5.74, 6) is 0.626. The highest BCUT2D eigenvalue weighted by atomic mass is 35.5. The molecule has 0 saturated heterocycles. The van der Waals surface area contributed by atoms with Gasteiger partial charge in [-0.05, 0) is 31.2 Å². The highest BCUT2D eigenvalue weighted by Crippen LogP contribution is 2.18. The number of H-pyrrole nitrogens is 1. The van der Waals surface area contributed by atoms with Crippen molar-refractivity contribution in [2.75, 3.05) is 12.3 Å².